The van der Waals surface area contributed by atoms with E-state index in [1.54, 1.807) is 0 Å². The molecule has 0 unspecified atom stereocenters. The molecule has 0 aromatic carbocycles. The van der Waals surface area contributed by atoms with E-state index >= 15 is 0 Å². The first kappa shape index (κ1) is 30.2. The zero-order valence-corrected chi connectivity index (χ0v) is 17.7. The van der Waals surface area contributed by atoms with Crippen LogP contribution in [0.3, 0.4) is 0 Å². The molecular formula is C21H28N2O9. The molecule has 0 atom stereocenters. The van der Waals surface area contributed by atoms with Crippen molar-refractivity contribution in [3.8, 4) is 0 Å². The second-order valence-corrected chi connectivity index (χ2v) is 5.76. The lowest BCUT2D eigenvalue weighted by atomic mass is 9.92. The zero-order valence-electron chi connectivity index (χ0n) is 17.7. The van der Waals surface area contributed by atoms with Crippen molar-refractivity contribution in [3.05, 3.63) is 63.3 Å². The second-order valence-electron chi connectivity index (χ2n) is 5.76. The highest BCUT2D eigenvalue weighted by atomic mass is 16.6. The number of carbonyl (C=O) groups is 5. The van der Waals surface area contributed by atoms with Gasteiger partial charge < -0.3 is 30.0 Å². The van der Waals surface area contributed by atoms with Crippen molar-refractivity contribution >= 4 is 29.7 Å². The van der Waals surface area contributed by atoms with Crippen LogP contribution in [0.4, 0.5) is 0 Å². The fraction of sp³-hybridized carbons (Fsp3) is 0.286. The van der Waals surface area contributed by atoms with E-state index in [1.807, 2.05) is 0 Å². The van der Waals surface area contributed by atoms with Gasteiger partial charge in [0.25, 0.3) is 0 Å². The lowest BCUT2D eigenvalue weighted by Crippen LogP contribution is -2.42. The molecular weight excluding hydrogens is 424 g/mol. The Bertz CT molecular complexity index is 649. The summed E-state index contributed by atoms with van der Waals surface area (Å²) in [7, 11) is 0. The summed E-state index contributed by atoms with van der Waals surface area (Å²) >= 11 is 0. The largest absolute Gasteiger partial charge is 0.462 e. The number of hydrogen-bond acceptors (Lipinski definition) is 9. The SMILES string of the molecule is C=CC(=O)NCNC(=O)C=C.C=CC(=O)OCC(CO)(COC(=O)C=C)COC(=O)C=C. The summed E-state index contributed by atoms with van der Waals surface area (Å²) in [6.07, 6.45) is 5.06. The average Bonchev–Trinajstić information content (AvgIpc) is 2.82. The van der Waals surface area contributed by atoms with E-state index in [4.69, 9.17) is 14.2 Å². The van der Waals surface area contributed by atoms with Crippen LogP contribution in [0, 0.1) is 5.41 Å². The van der Waals surface area contributed by atoms with Crippen molar-refractivity contribution in [1.29, 1.82) is 0 Å². The number of amides is 2. The van der Waals surface area contributed by atoms with Gasteiger partial charge in [0, 0.05) is 18.2 Å². The third-order valence-electron chi connectivity index (χ3n) is 3.29. The molecule has 11 heteroatoms. The van der Waals surface area contributed by atoms with Gasteiger partial charge in [0.15, 0.2) is 0 Å². The molecule has 0 radical (unpaired) electrons. The molecule has 0 bridgehead atoms. The van der Waals surface area contributed by atoms with Gasteiger partial charge in [-0.1, -0.05) is 32.9 Å². The minimum absolute atomic E-state index is 0.0930. The van der Waals surface area contributed by atoms with Crippen LogP contribution in [-0.2, 0) is 38.2 Å². The summed E-state index contributed by atoms with van der Waals surface area (Å²) in [5, 5.41) is 14.2. The van der Waals surface area contributed by atoms with Gasteiger partial charge in [-0.25, -0.2) is 14.4 Å². The number of rotatable bonds is 14. The van der Waals surface area contributed by atoms with E-state index in [9.17, 15) is 29.1 Å². The molecule has 0 saturated carbocycles. The van der Waals surface area contributed by atoms with Crippen LogP contribution < -0.4 is 10.6 Å². The first-order chi connectivity index (χ1) is 15.1. The molecule has 0 heterocycles. The molecule has 0 fully saturated rings. The number of carbonyl (C=O) groups excluding carboxylic acids is 5. The molecule has 176 valence electrons. The molecule has 11 nitrogen and oxygen atoms in total. The number of aliphatic hydroxyl groups excluding tert-OH is 1. The van der Waals surface area contributed by atoms with Crippen molar-refractivity contribution in [2.75, 3.05) is 33.1 Å². The molecule has 0 aliphatic heterocycles. The third kappa shape index (κ3) is 14.9. The van der Waals surface area contributed by atoms with Gasteiger partial charge in [0.05, 0.1) is 18.7 Å². The van der Waals surface area contributed by atoms with Crippen molar-refractivity contribution < 1.29 is 43.3 Å². The molecule has 0 rings (SSSR count). The Hall–Kier alpha value is -3.99. The number of nitrogens with one attached hydrogen (secondary N) is 2. The Morgan fingerprint density at radius 2 is 0.969 bits per heavy atom. The summed E-state index contributed by atoms with van der Waals surface area (Å²) in [4.78, 5) is 54.2. The van der Waals surface area contributed by atoms with Crippen LogP contribution in [0.2, 0.25) is 0 Å². The molecule has 0 aromatic rings. The minimum Gasteiger partial charge on any atom is -0.462 e. The normalized spacial score (nSPS) is 9.41. The maximum absolute atomic E-state index is 11.1. The summed E-state index contributed by atoms with van der Waals surface area (Å²) in [5.74, 6) is -2.82. The quantitative estimate of drug-likeness (QED) is 0.139. The number of aliphatic hydroxyl groups is 1. The van der Waals surface area contributed by atoms with E-state index < -0.39 is 29.9 Å². The summed E-state index contributed by atoms with van der Waals surface area (Å²) in [6, 6.07) is 0. The van der Waals surface area contributed by atoms with Gasteiger partial charge in [-0.3, -0.25) is 9.59 Å². The average molecular weight is 452 g/mol. The molecule has 0 aliphatic carbocycles. The number of ether oxygens (including phenoxy) is 3. The second kappa shape index (κ2) is 17.8. The van der Waals surface area contributed by atoms with Gasteiger partial charge in [0.2, 0.25) is 11.8 Å². The van der Waals surface area contributed by atoms with Crippen molar-refractivity contribution in [3.63, 3.8) is 0 Å². The Morgan fingerprint density at radius 1 is 0.656 bits per heavy atom. The van der Waals surface area contributed by atoms with E-state index in [2.05, 4.69) is 43.5 Å². The summed E-state index contributed by atoms with van der Waals surface area (Å²) in [6.45, 7) is 14.7. The van der Waals surface area contributed by atoms with Crippen LogP contribution in [0.5, 0.6) is 0 Å². The van der Waals surface area contributed by atoms with E-state index in [0.29, 0.717) is 0 Å². The van der Waals surface area contributed by atoms with Crippen molar-refractivity contribution in [2.24, 2.45) is 5.41 Å². The van der Waals surface area contributed by atoms with Crippen LogP contribution in [0.15, 0.2) is 63.3 Å². The number of hydrogen-bond donors (Lipinski definition) is 3. The Balaban J connectivity index is 0. The van der Waals surface area contributed by atoms with Crippen LogP contribution in [-0.4, -0.2) is 67.9 Å². The van der Waals surface area contributed by atoms with Gasteiger partial charge in [-0.2, -0.15) is 0 Å². The first-order valence-electron chi connectivity index (χ1n) is 8.92. The van der Waals surface area contributed by atoms with E-state index in [-0.39, 0.29) is 38.3 Å². The summed E-state index contributed by atoms with van der Waals surface area (Å²) < 4.78 is 14.5. The van der Waals surface area contributed by atoms with Crippen molar-refractivity contribution in [2.45, 2.75) is 0 Å². The predicted molar refractivity (Wildman–Crippen MR) is 115 cm³/mol. The van der Waals surface area contributed by atoms with Crippen LogP contribution in [0.25, 0.3) is 0 Å². The molecule has 32 heavy (non-hydrogen) atoms. The highest BCUT2D eigenvalue weighted by Gasteiger charge is 2.35. The first-order valence-corrected chi connectivity index (χ1v) is 8.92. The maximum Gasteiger partial charge on any atom is 0.330 e. The fourth-order valence-corrected chi connectivity index (χ4v) is 1.47. The fourth-order valence-electron chi connectivity index (χ4n) is 1.47. The lowest BCUT2D eigenvalue weighted by molar-refractivity contribution is -0.159. The maximum atomic E-state index is 11.1. The Morgan fingerprint density at radius 3 is 1.19 bits per heavy atom. The zero-order chi connectivity index (χ0) is 25.0. The Kier molecular flexibility index (Phi) is 16.8. The predicted octanol–water partition coefficient (Wildman–Crippen LogP) is -0.299. The highest BCUT2D eigenvalue weighted by molar-refractivity contribution is 5.89. The van der Waals surface area contributed by atoms with Crippen molar-refractivity contribution in [1.82, 2.24) is 10.6 Å². The van der Waals surface area contributed by atoms with Crippen LogP contribution in [0.1, 0.15) is 0 Å². The molecule has 0 aliphatic rings. The van der Waals surface area contributed by atoms with Gasteiger partial charge in [-0.05, 0) is 12.2 Å². The van der Waals surface area contributed by atoms with E-state index in [1.165, 1.54) is 0 Å². The minimum atomic E-state index is -1.28. The molecule has 3 N–H and O–H groups in total. The lowest BCUT2D eigenvalue weighted by Gasteiger charge is -2.29. The number of esters is 3. The topological polar surface area (TPSA) is 157 Å². The van der Waals surface area contributed by atoms with Gasteiger partial charge in [-0.15, -0.1) is 0 Å². The highest BCUT2D eigenvalue weighted by Crippen LogP contribution is 2.19. The standard InChI is InChI=1S/C14H18O7.C7H10N2O2/c1-4-11(16)19-8-14(7-15,9-20-12(17)5-2)10-21-13(18)6-3;1-3-6(10)8-5-9-7(11)4-2/h4-6,15H,1-3,7-10H2;3-4H,1-2,5H2,(H,8,10)(H,9,11). The summed E-state index contributed by atoms with van der Waals surface area (Å²) in [5.41, 5.74) is -1.28. The van der Waals surface area contributed by atoms with Crippen LogP contribution >= 0.6 is 0 Å². The van der Waals surface area contributed by atoms with Gasteiger partial charge >= 0.3 is 17.9 Å². The molecule has 0 spiro atoms. The molecule has 2 amide bonds. The smallest absolute Gasteiger partial charge is 0.330 e. The third-order valence-corrected chi connectivity index (χ3v) is 3.29. The van der Waals surface area contributed by atoms with Gasteiger partial charge in [0.1, 0.15) is 19.8 Å². The molecule has 0 aromatic heterocycles. The monoisotopic (exact) mass is 452 g/mol. The van der Waals surface area contributed by atoms with E-state index in [0.717, 1.165) is 30.4 Å². The Labute approximate surface area is 186 Å². The molecule has 0 saturated heterocycles.